The van der Waals surface area contributed by atoms with Gasteiger partial charge in [0, 0.05) is 49.4 Å². The minimum atomic E-state index is -0.410. The lowest BCUT2D eigenvalue weighted by Gasteiger charge is -2.27. The summed E-state index contributed by atoms with van der Waals surface area (Å²) >= 11 is 0. The molecule has 0 unspecified atom stereocenters. The van der Waals surface area contributed by atoms with Crippen molar-refractivity contribution in [3.63, 3.8) is 0 Å². The van der Waals surface area contributed by atoms with E-state index in [2.05, 4.69) is 14.8 Å². The van der Waals surface area contributed by atoms with Crippen molar-refractivity contribution < 1.29 is 18.7 Å². The van der Waals surface area contributed by atoms with E-state index in [0.29, 0.717) is 23.2 Å². The SMILES string of the molecule is CC[C@@H](C)NC(=O)c1c(C)n(CCN2CCOCC2)c2c(OC)cc(F)cc12. The maximum absolute atomic E-state index is 14.2. The first-order valence-electron chi connectivity index (χ1n) is 9.93. The van der Waals surface area contributed by atoms with Crippen LogP contribution in [0.15, 0.2) is 12.1 Å². The second kappa shape index (κ2) is 8.92. The van der Waals surface area contributed by atoms with E-state index in [4.69, 9.17) is 9.47 Å². The van der Waals surface area contributed by atoms with Crippen LogP contribution >= 0.6 is 0 Å². The molecule has 1 aromatic carbocycles. The van der Waals surface area contributed by atoms with Crippen LogP contribution in [-0.4, -0.2) is 61.4 Å². The van der Waals surface area contributed by atoms with E-state index >= 15 is 0 Å². The first-order valence-corrected chi connectivity index (χ1v) is 9.93. The minimum absolute atomic E-state index is 0.0501. The van der Waals surface area contributed by atoms with Crippen molar-refractivity contribution in [2.24, 2.45) is 0 Å². The number of benzene rings is 1. The third-order valence-corrected chi connectivity index (χ3v) is 5.53. The Morgan fingerprint density at radius 1 is 1.32 bits per heavy atom. The number of hydrogen-bond acceptors (Lipinski definition) is 4. The number of rotatable bonds is 7. The monoisotopic (exact) mass is 391 g/mol. The van der Waals surface area contributed by atoms with Gasteiger partial charge in [0.1, 0.15) is 11.6 Å². The number of nitrogens with one attached hydrogen (secondary N) is 1. The molecule has 0 bridgehead atoms. The average Bonchev–Trinajstić information content (AvgIpc) is 2.97. The number of aromatic nitrogens is 1. The molecule has 0 aliphatic carbocycles. The Hall–Kier alpha value is -2.12. The Morgan fingerprint density at radius 2 is 2.04 bits per heavy atom. The van der Waals surface area contributed by atoms with Crippen molar-refractivity contribution in [3.8, 4) is 5.75 Å². The Kier molecular flexibility index (Phi) is 6.57. The molecule has 1 saturated heterocycles. The third-order valence-electron chi connectivity index (χ3n) is 5.53. The predicted molar refractivity (Wildman–Crippen MR) is 108 cm³/mol. The fourth-order valence-corrected chi connectivity index (χ4v) is 3.73. The van der Waals surface area contributed by atoms with Gasteiger partial charge < -0.3 is 19.4 Å². The van der Waals surface area contributed by atoms with Gasteiger partial charge in [-0.15, -0.1) is 0 Å². The summed E-state index contributed by atoms with van der Waals surface area (Å²) in [6.45, 7) is 10.7. The van der Waals surface area contributed by atoms with Crippen LogP contribution in [0.3, 0.4) is 0 Å². The van der Waals surface area contributed by atoms with E-state index in [1.807, 2.05) is 20.8 Å². The topological polar surface area (TPSA) is 55.7 Å². The largest absolute Gasteiger partial charge is 0.494 e. The molecular weight excluding hydrogens is 361 g/mol. The van der Waals surface area contributed by atoms with Crippen LogP contribution in [0, 0.1) is 12.7 Å². The number of fused-ring (bicyclic) bond motifs is 1. The molecule has 1 aromatic heterocycles. The van der Waals surface area contributed by atoms with E-state index in [-0.39, 0.29) is 11.9 Å². The Morgan fingerprint density at radius 3 is 2.68 bits per heavy atom. The molecule has 7 heteroatoms. The van der Waals surface area contributed by atoms with E-state index in [0.717, 1.165) is 50.5 Å². The van der Waals surface area contributed by atoms with Crippen LogP contribution in [0.2, 0.25) is 0 Å². The highest BCUT2D eigenvalue weighted by atomic mass is 19.1. The number of hydrogen-bond donors (Lipinski definition) is 1. The van der Waals surface area contributed by atoms with E-state index in [9.17, 15) is 9.18 Å². The smallest absolute Gasteiger partial charge is 0.253 e. The summed E-state index contributed by atoms with van der Waals surface area (Å²) in [7, 11) is 1.53. The molecule has 2 aromatic rings. The van der Waals surface area contributed by atoms with Gasteiger partial charge in [0.25, 0.3) is 5.91 Å². The summed E-state index contributed by atoms with van der Waals surface area (Å²) < 4.78 is 27.2. The number of morpholine rings is 1. The van der Waals surface area contributed by atoms with E-state index in [1.165, 1.54) is 19.2 Å². The second-order valence-electron chi connectivity index (χ2n) is 7.35. The molecule has 3 rings (SSSR count). The standard InChI is InChI=1S/C21H30FN3O3/c1-5-14(2)23-21(26)19-15(3)25(7-6-24-8-10-28-11-9-24)20-17(19)12-16(22)13-18(20)27-4/h12-14H,5-11H2,1-4H3,(H,23,26)/t14-/m1/s1. The molecule has 28 heavy (non-hydrogen) atoms. The van der Waals surface area contributed by atoms with Crippen molar-refractivity contribution in [2.75, 3.05) is 40.0 Å². The number of methoxy groups -OCH3 is 1. The summed E-state index contributed by atoms with van der Waals surface area (Å²) in [5.74, 6) is -0.135. The van der Waals surface area contributed by atoms with Crippen LogP contribution < -0.4 is 10.1 Å². The fourth-order valence-electron chi connectivity index (χ4n) is 3.73. The normalized spacial score (nSPS) is 16.3. The first kappa shape index (κ1) is 20.6. The van der Waals surface area contributed by atoms with Crippen molar-refractivity contribution >= 4 is 16.8 Å². The van der Waals surface area contributed by atoms with Gasteiger partial charge in [-0.1, -0.05) is 6.92 Å². The van der Waals surface area contributed by atoms with Crippen LogP contribution in [0.1, 0.15) is 36.3 Å². The van der Waals surface area contributed by atoms with Crippen LogP contribution in [0.25, 0.3) is 10.9 Å². The zero-order valence-electron chi connectivity index (χ0n) is 17.2. The lowest BCUT2D eigenvalue weighted by Crippen LogP contribution is -2.38. The molecular formula is C21H30FN3O3. The van der Waals surface area contributed by atoms with E-state index in [1.54, 1.807) is 0 Å². The van der Waals surface area contributed by atoms with Gasteiger partial charge in [0.2, 0.25) is 0 Å². The molecule has 2 heterocycles. The molecule has 1 N–H and O–H groups in total. The molecule has 1 fully saturated rings. The van der Waals surface area contributed by atoms with Crippen LogP contribution in [0.4, 0.5) is 4.39 Å². The lowest BCUT2D eigenvalue weighted by atomic mass is 10.1. The number of halogens is 1. The van der Waals surface area contributed by atoms with Gasteiger partial charge in [0.05, 0.1) is 31.4 Å². The van der Waals surface area contributed by atoms with Gasteiger partial charge in [-0.3, -0.25) is 9.69 Å². The summed E-state index contributed by atoms with van der Waals surface area (Å²) in [4.78, 5) is 15.3. The Balaban J connectivity index is 2.03. The van der Waals surface area contributed by atoms with Crippen molar-refractivity contribution in [1.82, 2.24) is 14.8 Å². The maximum atomic E-state index is 14.2. The zero-order chi connectivity index (χ0) is 20.3. The summed E-state index contributed by atoms with van der Waals surface area (Å²) in [5.41, 5.74) is 2.12. The first-order chi connectivity index (χ1) is 13.5. The van der Waals surface area contributed by atoms with Crippen molar-refractivity contribution in [1.29, 1.82) is 0 Å². The Labute approximate surface area is 165 Å². The fraction of sp³-hybridized carbons (Fsp3) is 0.571. The van der Waals surface area contributed by atoms with Crippen LogP contribution in [-0.2, 0) is 11.3 Å². The number of nitrogens with zero attached hydrogens (tertiary/aromatic N) is 2. The average molecular weight is 391 g/mol. The van der Waals surface area contributed by atoms with Crippen molar-refractivity contribution in [2.45, 2.75) is 39.8 Å². The van der Waals surface area contributed by atoms with Gasteiger partial charge in [-0.25, -0.2) is 4.39 Å². The molecule has 0 spiro atoms. The molecule has 0 saturated carbocycles. The maximum Gasteiger partial charge on any atom is 0.253 e. The number of amides is 1. The number of carbonyl (C=O) groups excluding carboxylic acids is 1. The molecule has 1 atom stereocenters. The van der Waals surface area contributed by atoms with Gasteiger partial charge in [-0.05, 0) is 26.3 Å². The van der Waals surface area contributed by atoms with Crippen LogP contribution in [0.5, 0.6) is 5.75 Å². The quantitative estimate of drug-likeness (QED) is 0.789. The zero-order valence-corrected chi connectivity index (χ0v) is 17.2. The molecule has 1 aliphatic rings. The lowest BCUT2D eigenvalue weighted by molar-refractivity contribution is 0.0365. The summed E-state index contributed by atoms with van der Waals surface area (Å²) in [5, 5.41) is 3.61. The van der Waals surface area contributed by atoms with Gasteiger partial charge >= 0.3 is 0 Å². The molecule has 154 valence electrons. The minimum Gasteiger partial charge on any atom is -0.494 e. The van der Waals surface area contributed by atoms with Gasteiger partial charge in [0.15, 0.2) is 0 Å². The molecule has 6 nitrogen and oxygen atoms in total. The molecule has 1 amide bonds. The predicted octanol–water partition coefficient (Wildman–Crippen LogP) is 2.96. The molecule has 1 aliphatic heterocycles. The van der Waals surface area contributed by atoms with Gasteiger partial charge in [-0.2, -0.15) is 0 Å². The second-order valence-corrected chi connectivity index (χ2v) is 7.35. The number of ether oxygens (including phenoxy) is 2. The summed E-state index contributed by atoms with van der Waals surface area (Å²) in [6, 6.07) is 2.86. The Bertz CT molecular complexity index is 843. The highest BCUT2D eigenvalue weighted by molar-refractivity contribution is 6.09. The highest BCUT2D eigenvalue weighted by Gasteiger charge is 2.24. The summed E-state index contributed by atoms with van der Waals surface area (Å²) in [6.07, 6.45) is 0.831. The third kappa shape index (κ3) is 4.15. The van der Waals surface area contributed by atoms with Crippen molar-refractivity contribution in [3.05, 3.63) is 29.2 Å². The van der Waals surface area contributed by atoms with E-state index < -0.39 is 5.82 Å². The highest BCUT2D eigenvalue weighted by Crippen LogP contribution is 2.34. The number of carbonyl (C=O) groups is 1. The molecule has 0 radical (unpaired) electrons.